The Morgan fingerprint density at radius 3 is 2.91 bits per heavy atom. The minimum absolute atomic E-state index is 0.264. The number of carbonyl (C=O) groups is 1. The van der Waals surface area contributed by atoms with Gasteiger partial charge in [-0.15, -0.1) is 4.52 Å². The molecule has 1 unspecified atom stereocenters. The van der Waals surface area contributed by atoms with E-state index in [4.69, 9.17) is 19.7 Å². The number of hydrogen-bond acceptors (Lipinski definition) is 10. The first-order valence-electron chi connectivity index (χ1n) is 10.5. The van der Waals surface area contributed by atoms with Crippen molar-refractivity contribution < 1.29 is 33.6 Å². The molecule has 1 aliphatic heterocycles. The van der Waals surface area contributed by atoms with E-state index in [1.165, 1.54) is 17.8 Å². The van der Waals surface area contributed by atoms with Crippen molar-refractivity contribution in [3.05, 3.63) is 24.2 Å². The highest BCUT2D eigenvalue weighted by molar-refractivity contribution is 7.36. The number of aliphatic hydroxyl groups is 2. The maximum absolute atomic E-state index is 12.2. The minimum Gasteiger partial charge on any atom is -0.464 e. The molecule has 5 N–H and O–H groups in total. The second-order valence-corrected chi connectivity index (χ2v) is 8.59. The molecule has 2 aromatic rings. The molecule has 176 valence electrons. The van der Waals surface area contributed by atoms with Crippen LogP contribution in [0.4, 0.5) is 5.82 Å². The smallest absolute Gasteiger partial charge is 0.464 e. The average Bonchev–Trinajstić information content (AvgIpc) is 3.32. The lowest BCUT2D eigenvalue weighted by Gasteiger charge is -2.14. The van der Waals surface area contributed by atoms with Crippen LogP contribution in [0.25, 0.3) is 5.52 Å². The molecule has 1 aliphatic rings. The fourth-order valence-electron chi connectivity index (χ4n) is 3.36. The molecule has 0 bridgehead atoms. The van der Waals surface area contributed by atoms with Crippen molar-refractivity contribution in [2.75, 3.05) is 18.9 Å². The number of hydrogen-bond donors (Lipinski definition) is 4. The summed E-state index contributed by atoms with van der Waals surface area (Å²) in [5.74, 6) is -0.262. The van der Waals surface area contributed by atoms with Gasteiger partial charge in [0.25, 0.3) is 0 Å². The van der Waals surface area contributed by atoms with Crippen LogP contribution in [0.2, 0.25) is 0 Å². The van der Waals surface area contributed by atoms with Gasteiger partial charge in [-0.1, -0.05) is 24.9 Å². The molecule has 1 fully saturated rings. The third kappa shape index (κ3) is 5.58. The summed E-state index contributed by atoms with van der Waals surface area (Å²) in [6.07, 6.45) is -0.380. The molecule has 0 aliphatic carbocycles. The van der Waals surface area contributed by atoms with E-state index < -0.39 is 44.6 Å². The maximum Gasteiger partial charge on any atom is 0.613 e. The maximum atomic E-state index is 12.2. The number of aliphatic hydroxyl groups excluding tert-OH is 2. The van der Waals surface area contributed by atoms with E-state index in [9.17, 15) is 19.6 Å². The number of nitrogen functional groups attached to an aromatic ring is 1. The van der Waals surface area contributed by atoms with Gasteiger partial charge in [-0.2, -0.15) is 5.10 Å². The van der Waals surface area contributed by atoms with Gasteiger partial charge in [-0.25, -0.2) is 9.50 Å². The van der Waals surface area contributed by atoms with Crippen molar-refractivity contribution in [1.82, 2.24) is 19.7 Å². The summed E-state index contributed by atoms with van der Waals surface area (Å²) in [6.45, 7) is 3.61. The van der Waals surface area contributed by atoms with E-state index in [0.29, 0.717) is 17.8 Å². The molecular formula is C19H29N5O7P+. The summed E-state index contributed by atoms with van der Waals surface area (Å²) in [6, 6.07) is 2.52. The fourth-order valence-corrected chi connectivity index (χ4v) is 4.14. The Morgan fingerprint density at radius 2 is 2.16 bits per heavy atom. The first-order valence-corrected chi connectivity index (χ1v) is 11.6. The van der Waals surface area contributed by atoms with Crippen LogP contribution in [0.3, 0.4) is 0 Å². The summed E-state index contributed by atoms with van der Waals surface area (Å²) < 4.78 is 29.7. The number of aromatic nitrogens is 3. The highest BCUT2D eigenvalue weighted by atomic mass is 31.1. The van der Waals surface area contributed by atoms with Crippen LogP contribution in [0.15, 0.2) is 18.5 Å². The molecule has 0 radical (unpaired) electrons. The van der Waals surface area contributed by atoms with E-state index in [1.807, 2.05) is 6.92 Å². The lowest BCUT2D eigenvalue weighted by molar-refractivity contribution is -0.145. The molecule has 3 rings (SSSR count). The van der Waals surface area contributed by atoms with Gasteiger partial charge in [0.15, 0.2) is 5.82 Å². The van der Waals surface area contributed by atoms with E-state index in [-0.39, 0.29) is 12.4 Å². The molecule has 3 heterocycles. The molecule has 1 saturated heterocycles. The molecule has 2 aromatic heterocycles. The van der Waals surface area contributed by atoms with E-state index in [0.717, 1.165) is 19.3 Å². The molecule has 13 heteroatoms. The fraction of sp³-hybridized carbons (Fsp3) is 0.632. The van der Waals surface area contributed by atoms with Crippen molar-refractivity contribution >= 4 is 25.5 Å². The number of nitrogens with zero attached hydrogens (tertiary/aromatic N) is 3. The minimum atomic E-state index is -2.43. The predicted molar refractivity (Wildman–Crippen MR) is 114 cm³/mol. The van der Waals surface area contributed by atoms with E-state index in [2.05, 4.69) is 15.2 Å². The van der Waals surface area contributed by atoms with Gasteiger partial charge < -0.3 is 25.4 Å². The zero-order valence-corrected chi connectivity index (χ0v) is 18.9. The Balaban J connectivity index is 1.52. The van der Waals surface area contributed by atoms with Crippen molar-refractivity contribution in [3.8, 4) is 0 Å². The number of carbonyl (C=O) groups excluding carboxylic acids is 1. The van der Waals surface area contributed by atoms with Crippen LogP contribution in [-0.2, 0) is 23.4 Å². The highest BCUT2D eigenvalue weighted by Gasteiger charge is 2.46. The monoisotopic (exact) mass is 470 g/mol. The lowest BCUT2D eigenvalue weighted by Crippen LogP contribution is -2.34. The highest BCUT2D eigenvalue weighted by Crippen LogP contribution is 2.35. The van der Waals surface area contributed by atoms with Crippen molar-refractivity contribution in [1.29, 1.82) is 0 Å². The second kappa shape index (κ2) is 11.1. The van der Waals surface area contributed by atoms with Gasteiger partial charge in [0.2, 0.25) is 0 Å². The molecule has 0 amide bonds. The third-order valence-corrected chi connectivity index (χ3v) is 6.15. The van der Waals surface area contributed by atoms with Gasteiger partial charge in [-0.3, -0.25) is 4.79 Å². The second-order valence-electron chi connectivity index (χ2n) is 7.56. The summed E-state index contributed by atoms with van der Waals surface area (Å²) in [5, 5.41) is 27.5. The Bertz CT molecular complexity index is 942. The Morgan fingerprint density at radius 1 is 1.38 bits per heavy atom. The molecule has 0 aromatic carbocycles. The topological polar surface area (TPSA) is 171 Å². The standard InChI is InChI=1S/C19H29N5O7P/c1-3-4-5-8-29-19(27)11(2)23-32(28)30-9-14-15(25)16(26)17(31-14)12-6-7-13-18(20)21-10-22-24(12)13/h6-7,10-11,14-17,25-26H,3-5,8-9H2,1-2H3,(H,23,28)(H2,20,21,22)/q+1/t11-,14+,15+,16+,17-/m0/s1. The van der Waals surface area contributed by atoms with E-state index in [1.54, 1.807) is 12.1 Å². The predicted octanol–water partition coefficient (Wildman–Crippen LogP) is 0.859. The zero-order chi connectivity index (χ0) is 23.3. The summed E-state index contributed by atoms with van der Waals surface area (Å²) in [5.41, 5.74) is 6.84. The largest absolute Gasteiger partial charge is 0.613 e. The Labute approximate surface area is 186 Å². The van der Waals surface area contributed by atoms with Crippen LogP contribution in [0, 0.1) is 0 Å². The normalized spacial score (nSPS) is 24.6. The van der Waals surface area contributed by atoms with Crippen LogP contribution in [0.5, 0.6) is 0 Å². The number of esters is 1. The Kier molecular flexibility index (Phi) is 8.46. The van der Waals surface area contributed by atoms with Gasteiger partial charge in [0, 0.05) is 0 Å². The number of fused-ring (bicyclic) bond motifs is 1. The van der Waals surface area contributed by atoms with Crippen LogP contribution < -0.4 is 10.8 Å². The first-order chi connectivity index (χ1) is 15.3. The van der Waals surface area contributed by atoms with Gasteiger partial charge in [0.1, 0.15) is 48.9 Å². The zero-order valence-electron chi connectivity index (χ0n) is 18.0. The quantitative estimate of drug-likeness (QED) is 0.209. The number of rotatable bonds is 11. The van der Waals surface area contributed by atoms with E-state index >= 15 is 0 Å². The molecule has 0 saturated carbocycles. The molecular weight excluding hydrogens is 441 g/mol. The number of nitrogens with two attached hydrogens (primary N) is 1. The number of nitrogens with one attached hydrogen (secondary N) is 1. The van der Waals surface area contributed by atoms with Crippen LogP contribution in [0.1, 0.15) is 44.9 Å². The molecule has 32 heavy (non-hydrogen) atoms. The van der Waals surface area contributed by atoms with Crippen molar-refractivity contribution in [3.63, 3.8) is 0 Å². The van der Waals surface area contributed by atoms with Crippen LogP contribution in [-0.4, -0.2) is 68.3 Å². The molecule has 12 nitrogen and oxygen atoms in total. The van der Waals surface area contributed by atoms with Gasteiger partial charge in [0.05, 0.1) is 12.3 Å². The summed E-state index contributed by atoms with van der Waals surface area (Å²) in [4.78, 5) is 15.8. The average molecular weight is 470 g/mol. The molecule has 6 atom stereocenters. The molecule has 0 spiro atoms. The summed E-state index contributed by atoms with van der Waals surface area (Å²) >= 11 is 0. The SMILES string of the molecule is CCCCCOC(=O)[C@H](C)N[P+](=O)OC[C@H]1O[C@@H](c2ccc3c(N)ncnn23)[C@H](O)[C@@H]1O. The third-order valence-electron chi connectivity index (χ3n) is 5.17. The number of ether oxygens (including phenoxy) is 2. The van der Waals surface area contributed by atoms with Crippen LogP contribution >= 0.6 is 8.18 Å². The Hall–Kier alpha value is -2.21. The van der Waals surface area contributed by atoms with Crippen molar-refractivity contribution in [2.45, 2.75) is 63.6 Å². The lowest BCUT2D eigenvalue weighted by atomic mass is 10.1. The summed E-state index contributed by atoms with van der Waals surface area (Å²) in [7, 11) is -2.43. The number of anilines is 1. The van der Waals surface area contributed by atoms with Gasteiger partial charge >= 0.3 is 14.1 Å². The van der Waals surface area contributed by atoms with Crippen molar-refractivity contribution in [2.24, 2.45) is 0 Å². The first kappa shape index (κ1) is 24.4. The number of unbranched alkanes of at least 4 members (excludes halogenated alkanes) is 2. The van der Waals surface area contributed by atoms with Gasteiger partial charge in [-0.05, 0) is 30.0 Å².